The molecular formula is C47H83NO4. The van der Waals surface area contributed by atoms with Gasteiger partial charge in [-0.2, -0.15) is 0 Å². The number of Topliss-reactive ketones (excluding diaryl/α,β-unsaturated/α-hetero) is 3. The molecular weight excluding hydrogens is 643 g/mol. The van der Waals surface area contributed by atoms with Crippen LogP contribution in [0.15, 0.2) is 11.3 Å². The van der Waals surface area contributed by atoms with Crippen LogP contribution in [-0.2, 0) is 14.4 Å². The van der Waals surface area contributed by atoms with Crippen LogP contribution in [0.25, 0.3) is 0 Å². The summed E-state index contributed by atoms with van der Waals surface area (Å²) in [6.07, 6.45) is 22.0. The van der Waals surface area contributed by atoms with Crippen LogP contribution in [-0.4, -0.2) is 34.5 Å². The average molecular weight is 726 g/mol. The molecule has 4 rings (SSSR count). The molecule has 0 aromatic rings. The lowest BCUT2D eigenvalue weighted by Gasteiger charge is -2.61. The van der Waals surface area contributed by atoms with Crippen LogP contribution in [0.4, 0.5) is 0 Å². The van der Waals surface area contributed by atoms with Gasteiger partial charge in [0.1, 0.15) is 5.76 Å². The van der Waals surface area contributed by atoms with E-state index in [1.807, 2.05) is 13.8 Å². The maximum absolute atomic E-state index is 15.1. The van der Waals surface area contributed by atoms with Gasteiger partial charge >= 0.3 is 0 Å². The maximum Gasteiger partial charge on any atom is 0.183 e. The SMILES string of the molecule is C1CCC(NC2CCCCC2)CC1.CC(C)CCC[C@]1(C)[C@@H](CCC(C)C)C[C@@]2(CCC(C)C)C(=O)[C@]1(C(=O)C(C)C)C(=O)C(CCC(C)C)=C2O. The van der Waals surface area contributed by atoms with E-state index in [0.29, 0.717) is 54.9 Å². The van der Waals surface area contributed by atoms with E-state index in [-0.39, 0.29) is 29.0 Å². The highest BCUT2D eigenvalue weighted by Gasteiger charge is 2.76. The monoisotopic (exact) mass is 726 g/mol. The highest BCUT2D eigenvalue weighted by molar-refractivity contribution is 6.33. The molecule has 0 radical (unpaired) electrons. The van der Waals surface area contributed by atoms with Crippen LogP contribution < -0.4 is 5.32 Å². The topological polar surface area (TPSA) is 83.5 Å². The third-order valence-corrected chi connectivity index (χ3v) is 13.7. The largest absolute Gasteiger partial charge is 0.511 e. The van der Waals surface area contributed by atoms with Gasteiger partial charge < -0.3 is 10.4 Å². The summed E-state index contributed by atoms with van der Waals surface area (Å²) in [7, 11) is 0. The van der Waals surface area contributed by atoms with Crippen molar-refractivity contribution in [1.82, 2.24) is 5.32 Å². The molecule has 52 heavy (non-hydrogen) atoms. The van der Waals surface area contributed by atoms with Gasteiger partial charge in [-0.25, -0.2) is 0 Å². The second-order valence-electron chi connectivity index (χ2n) is 20.1. The molecule has 0 aromatic heterocycles. The summed E-state index contributed by atoms with van der Waals surface area (Å²) in [6.45, 7) is 23.1. The summed E-state index contributed by atoms with van der Waals surface area (Å²) in [5, 5.41) is 15.8. The molecule has 0 aliphatic heterocycles. The number of aliphatic hydroxyl groups excluding tert-OH is 1. The van der Waals surface area contributed by atoms with E-state index in [1.54, 1.807) is 0 Å². The minimum Gasteiger partial charge on any atom is -0.511 e. The Labute approximate surface area is 321 Å². The predicted molar refractivity (Wildman–Crippen MR) is 218 cm³/mol. The summed E-state index contributed by atoms with van der Waals surface area (Å²) in [6, 6.07) is 1.74. The van der Waals surface area contributed by atoms with Gasteiger partial charge in [0.2, 0.25) is 0 Å². The number of rotatable bonds is 17. The van der Waals surface area contributed by atoms with Crippen LogP contribution in [0.3, 0.4) is 0 Å². The second-order valence-corrected chi connectivity index (χ2v) is 20.1. The average Bonchev–Trinajstić information content (AvgIpc) is 3.08. The Bertz CT molecular complexity index is 1170. The number of allylic oxidation sites excluding steroid dienone is 2. The third-order valence-electron chi connectivity index (χ3n) is 13.7. The molecule has 4 aliphatic carbocycles. The van der Waals surface area contributed by atoms with Gasteiger partial charge in [0.05, 0.1) is 5.41 Å². The quantitative estimate of drug-likeness (QED) is 0.146. The lowest BCUT2D eigenvalue weighted by atomic mass is 9.37. The Balaban J connectivity index is 0.000000464. The summed E-state index contributed by atoms with van der Waals surface area (Å²) < 4.78 is 0. The van der Waals surface area contributed by atoms with E-state index in [0.717, 1.165) is 50.6 Å². The van der Waals surface area contributed by atoms with Gasteiger partial charge in [0, 0.05) is 23.6 Å². The van der Waals surface area contributed by atoms with Crippen molar-refractivity contribution >= 4 is 17.3 Å². The van der Waals surface area contributed by atoms with Crippen molar-refractivity contribution in [2.75, 3.05) is 0 Å². The molecule has 0 aromatic carbocycles. The Morgan fingerprint density at radius 1 is 0.712 bits per heavy atom. The standard InChI is InChI=1S/C35H60O4.C12H23N/c1-22(2)13-12-19-33(11)27(16-14-23(3)4)21-34(20-18-25(7)8)30(37)28(17-15-24(5)6)31(38)35(33,32(34)39)29(36)26(9)10;1-3-7-11(8-4-1)13-12-9-5-2-6-10-12/h22-27,37H,12-21H2,1-11H3;11-13H,1-10H2/t27-,33+,34+,35-;/m0./s1. The van der Waals surface area contributed by atoms with E-state index in [2.05, 4.69) is 67.6 Å². The Hall–Kier alpha value is -1.49. The van der Waals surface area contributed by atoms with Crippen LogP contribution in [0.1, 0.15) is 205 Å². The number of carbonyl (C=O) groups is 3. The Morgan fingerprint density at radius 3 is 1.67 bits per heavy atom. The fourth-order valence-electron chi connectivity index (χ4n) is 10.4. The fourth-order valence-corrected chi connectivity index (χ4v) is 10.4. The summed E-state index contributed by atoms with van der Waals surface area (Å²) in [5.41, 5.74) is -3.25. The molecule has 0 unspecified atom stereocenters. The van der Waals surface area contributed by atoms with E-state index >= 15 is 4.79 Å². The zero-order valence-corrected chi connectivity index (χ0v) is 35.9. The lowest BCUT2D eigenvalue weighted by molar-refractivity contribution is -0.182. The van der Waals surface area contributed by atoms with Crippen molar-refractivity contribution in [3.8, 4) is 0 Å². The molecule has 0 saturated heterocycles. The molecule has 2 N–H and O–H groups in total. The fraction of sp³-hybridized carbons (Fsp3) is 0.894. The molecule has 3 fully saturated rings. The summed E-state index contributed by atoms with van der Waals surface area (Å²) in [5.74, 6) is 0.382. The molecule has 2 bridgehead atoms. The minimum atomic E-state index is -1.71. The lowest BCUT2D eigenvalue weighted by Crippen LogP contribution is -2.71. The maximum atomic E-state index is 15.1. The van der Waals surface area contributed by atoms with Crippen molar-refractivity contribution in [2.45, 2.75) is 217 Å². The molecule has 5 heteroatoms. The Kier molecular flexibility index (Phi) is 17.2. The molecule has 0 spiro atoms. The Morgan fingerprint density at radius 2 is 1.21 bits per heavy atom. The van der Waals surface area contributed by atoms with Crippen LogP contribution >= 0.6 is 0 Å². The number of nitrogens with one attached hydrogen (secondary N) is 1. The predicted octanol–water partition coefficient (Wildman–Crippen LogP) is 12.6. The van der Waals surface area contributed by atoms with Crippen molar-refractivity contribution in [3.63, 3.8) is 0 Å². The third kappa shape index (κ3) is 10.2. The summed E-state index contributed by atoms with van der Waals surface area (Å²) >= 11 is 0. The molecule has 4 aliphatic rings. The molecule has 300 valence electrons. The number of aliphatic hydroxyl groups is 1. The molecule has 0 heterocycles. The molecule has 4 atom stereocenters. The molecule has 0 amide bonds. The normalized spacial score (nSPS) is 29.1. The molecule has 5 nitrogen and oxygen atoms in total. The zero-order valence-electron chi connectivity index (χ0n) is 35.9. The highest BCUT2D eigenvalue weighted by Crippen LogP contribution is 2.68. The van der Waals surface area contributed by atoms with Crippen molar-refractivity contribution in [3.05, 3.63) is 11.3 Å². The van der Waals surface area contributed by atoms with Gasteiger partial charge in [0.15, 0.2) is 22.8 Å². The van der Waals surface area contributed by atoms with Crippen LogP contribution in [0.5, 0.6) is 0 Å². The van der Waals surface area contributed by atoms with Crippen LogP contribution in [0, 0.1) is 51.8 Å². The first-order valence-corrected chi connectivity index (χ1v) is 22.3. The van der Waals surface area contributed by atoms with Gasteiger partial charge in [-0.15, -0.1) is 0 Å². The molecule has 3 saturated carbocycles. The van der Waals surface area contributed by atoms with Crippen LogP contribution in [0.2, 0.25) is 0 Å². The first kappa shape index (κ1) is 44.9. The van der Waals surface area contributed by atoms with Gasteiger partial charge in [-0.05, 0) is 106 Å². The van der Waals surface area contributed by atoms with Crippen molar-refractivity contribution in [2.24, 2.45) is 51.8 Å². The number of carbonyl (C=O) groups excluding carboxylic acids is 3. The zero-order chi connectivity index (χ0) is 38.9. The summed E-state index contributed by atoms with van der Waals surface area (Å²) in [4.78, 5) is 44.5. The van der Waals surface area contributed by atoms with Gasteiger partial charge in [0.25, 0.3) is 0 Å². The first-order valence-electron chi connectivity index (χ1n) is 22.3. The number of fused-ring (bicyclic) bond motifs is 2. The minimum absolute atomic E-state index is 0.00441. The van der Waals surface area contributed by atoms with Gasteiger partial charge in [-0.3, -0.25) is 14.4 Å². The smallest absolute Gasteiger partial charge is 0.183 e. The number of hydrogen-bond donors (Lipinski definition) is 2. The van der Waals surface area contributed by atoms with Crippen molar-refractivity contribution < 1.29 is 19.5 Å². The number of ketones is 3. The van der Waals surface area contributed by atoms with Crippen molar-refractivity contribution in [1.29, 1.82) is 0 Å². The van der Waals surface area contributed by atoms with E-state index < -0.39 is 22.2 Å². The van der Waals surface area contributed by atoms with E-state index in [1.165, 1.54) is 64.2 Å². The first-order chi connectivity index (χ1) is 24.4. The van der Waals surface area contributed by atoms with Gasteiger partial charge in [-0.1, -0.05) is 134 Å². The number of hydrogen-bond acceptors (Lipinski definition) is 5. The van der Waals surface area contributed by atoms with E-state index in [4.69, 9.17) is 0 Å². The van der Waals surface area contributed by atoms with E-state index in [9.17, 15) is 14.7 Å². The highest BCUT2D eigenvalue weighted by atomic mass is 16.3. The second kappa shape index (κ2) is 19.9.